The highest BCUT2D eigenvalue weighted by atomic mass is 79.9. The second kappa shape index (κ2) is 5.19. The molecule has 0 saturated carbocycles. The summed E-state index contributed by atoms with van der Waals surface area (Å²) in [6.07, 6.45) is 5.44. The summed E-state index contributed by atoms with van der Waals surface area (Å²) >= 11 is 9.51. The first-order valence-corrected chi connectivity index (χ1v) is 7.47. The molecule has 1 heterocycles. The fourth-order valence-corrected chi connectivity index (χ4v) is 3.08. The third-order valence-corrected chi connectivity index (χ3v) is 4.38. The summed E-state index contributed by atoms with van der Waals surface area (Å²) in [6, 6.07) is 3.46. The Labute approximate surface area is 130 Å². The Morgan fingerprint density at radius 3 is 2.90 bits per heavy atom. The van der Waals surface area contributed by atoms with Crippen molar-refractivity contribution in [3.05, 3.63) is 50.5 Å². The number of halogens is 2. The van der Waals surface area contributed by atoms with Gasteiger partial charge in [-0.25, -0.2) is 0 Å². The number of nitrogens with zero attached hydrogens (tertiary/aromatic N) is 1. The number of anilines is 1. The molecule has 0 fully saturated rings. The highest BCUT2D eigenvalue weighted by molar-refractivity contribution is 9.11. The molecule has 0 spiro atoms. The molecule has 3 rings (SSSR count). The zero-order valence-corrected chi connectivity index (χ0v) is 13.0. The van der Waals surface area contributed by atoms with Crippen LogP contribution in [0.3, 0.4) is 0 Å². The van der Waals surface area contributed by atoms with Gasteiger partial charge in [0.05, 0.1) is 17.3 Å². The van der Waals surface area contributed by atoms with Crippen LogP contribution in [0.4, 0.5) is 5.69 Å². The number of aliphatic imine (C=N–C) groups is 1. The van der Waals surface area contributed by atoms with Gasteiger partial charge in [-0.05, 0) is 48.3 Å². The number of nitrogen functional groups attached to an aromatic ring is 1. The van der Waals surface area contributed by atoms with E-state index < -0.39 is 0 Å². The number of aryl methyl sites for hydroxylation is 1. The van der Waals surface area contributed by atoms with Gasteiger partial charge >= 0.3 is 0 Å². The van der Waals surface area contributed by atoms with Crippen molar-refractivity contribution in [2.75, 3.05) is 12.3 Å². The van der Waals surface area contributed by atoms with Crippen LogP contribution in [0.2, 0.25) is 5.02 Å². The minimum absolute atomic E-state index is 0.0669. The zero-order chi connectivity index (χ0) is 14.3. The number of nitrogens with two attached hydrogens (primary N) is 1. The van der Waals surface area contributed by atoms with E-state index in [-0.39, 0.29) is 5.78 Å². The maximum absolute atomic E-state index is 12.7. The first-order valence-electron chi connectivity index (χ1n) is 6.30. The number of carbonyl (C=O) groups excluding carboxylic acids is 1. The minimum atomic E-state index is -0.0669. The summed E-state index contributed by atoms with van der Waals surface area (Å²) in [5, 5.41) is 0.496. The van der Waals surface area contributed by atoms with Gasteiger partial charge in [-0.15, -0.1) is 0 Å². The van der Waals surface area contributed by atoms with Crippen molar-refractivity contribution in [1.29, 1.82) is 0 Å². The van der Waals surface area contributed by atoms with Crippen molar-refractivity contribution in [2.24, 2.45) is 4.99 Å². The van der Waals surface area contributed by atoms with Gasteiger partial charge in [0.1, 0.15) is 5.71 Å². The van der Waals surface area contributed by atoms with E-state index >= 15 is 0 Å². The highest BCUT2D eigenvalue weighted by Gasteiger charge is 2.26. The largest absolute Gasteiger partial charge is 0.398 e. The number of hydrogen-bond donors (Lipinski definition) is 1. The number of fused-ring (bicyclic) bond motifs is 2. The molecule has 1 aliphatic heterocycles. The maximum atomic E-state index is 12.7. The molecule has 5 heteroatoms. The summed E-state index contributed by atoms with van der Waals surface area (Å²) in [5.41, 5.74) is 9.30. The third-order valence-electron chi connectivity index (χ3n) is 3.50. The van der Waals surface area contributed by atoms with E-state index in [0.29, 0.717) is 28.5 Å². The molecule has 0 saturated heterocycles. The Bertz CT molecular complexity index is 704. The van der Waals surface area contributed by atoms with Gasteiger partial charge in [-0.3, -0.25) is 9.79 Å². The van der Waals surface area contributed by atoms with Gasteiger partial charge in [0.15, 0.2) is 0 Å². The standard InChI is InChI=1S/C15H12BrClN2O/c16-10-3-4-19-14-9(5-10)2-1-8-6-12(17)13(18)7-11(8)15(14)20/h3,5-7H,1-2,4,18H2. The van der Waals surface area contributed by atoms with Crippen LogP contribution in [0.5, 0.6) is 0 Å². The van der Waals surface area contributed by atoms with Gasteiger partial charge in [0.2, 0.25) is 5.78 Å². The molecule has 1 aromatic carbocycles. The lowest BCUT2D eigenvalue weighted by Gasteiger charge is -2.07. The number of Topliss-reactive ketones (excluding diaryl/α,β-unsaturated/α-hetero) is 1. The van der Waals surface area contributed by atoms with Crippen LogP contribution in [-0.2, 0) is 6.42 Å². The number of carbonyl (C=O) groups is 1. The lowest BCUT2D eigenvalue weighted by atomic mass is 10.0. The Balaban J connectivity index is 2.15. The first-order chi connectivity index (χ1) is 9.56. The average molecular weight is 352 g/mol. The van der Waals surface area contributed by atoms with E-state index in [2.05, 4.69) is 20.9 Å². The Kier molecular flexibility index (Phi) is 3.52. The maximum Gasteiger partial charge on any atom is 0.211 e. The number of hydrogen-bond acceptors (Lipinski definition) is 3. The molecule has 2 N–H and O–H groups in total. The summed E-state index contributed by atoms with van der Waals surface area (Å²) in [5.74, 6) is -0.0669. The van der Waals surface area contributed by atoms with Gasteiger partial charge in [-0.1, -0.05) is 27.5 Å². The lowest BCUT2D eigenvalue weighted by molar-refractivity contribution is 0.106. The quantitative estimate of drug-likeness (QED) is 0.724. The predicted molar refractivity (Wildman–Crippen MR) is 85.9 cm³/mol. The van der Waals surface area contributed by atoms with Crippen molar-refractivity contribution < 1.29 is 4.79 Å². The Morgan fingerprint density at radius 2 is 2.10 bits per heavy atom. The van der Waals surface area contributed by atoms with Gasteiger partial charge in [-0.2, -0.15) is 0 Å². The summed E-state index contributed by atoms with van der Waals surface area (Å²) in [6.45, 7) is 0.500. The minimum Gasteiger partial charge on any atom is -0.398 e. The second-order valence-electron chi connectivity index (χ2n) is 4.81. The van der Waals surface area contributed by atoms with E-state index in [1.165, 1.54) is 0 Å². The Morgan fingerprint density at radius 1 is 1.30 bits per heavy atom. The van der Waals surface area contributed by atoms with Gasteiger partial charge < -0.3 is 5.73 Å². The number of rotatable bonds is 0. The van der Waals surface area contributed by atoms with Crippen LogP contribution >= 0.6 is 27.5 Å². The van der Waals surface area contributed by atoms with Crippen molar-refractivity contribution in [3.8, 4) is 0 Å². The smallest absolute Gasteiger partial charge is 0.211 e. The molecule has 20 heavy (non-hydrogen) atoms. The molecular weight excluding hydrogens is 340 g/mol. The fourth-order valence-electron chi connectivity index (χ4n) is 2.47. The molecule has 2 aliphatic rings. The SMILES string of the molecule is Nc1cc2c(cc1Cl)CCC1=CC(Br)=CCN=C1C2=O. The van der Waals surface area contributed by atoms with Gasteiger partial charge in [0.25, 0.3) is 0 Å². The normalized spacial score (nSPS) is 18.1. The molecule has 1 aromatic rings. The van der Waals surface area contributed by atoms with Crippen LogP contribution in [-0.4, -0.2) is 18.0 Å². The zero-order valence-electron chi connectivity index (χ0n) is 10.6. The summed E-state index contributed by atoms with van der Waals surface area (Å²) in [4.78, 5) is 17.1. The molecule has 0 atom stereocenters. The molecule has 0 amide bonds. The van der Waals surface area contributed by atoms with Crippen LogP contribution < -0.4 is 5.73 Å². The number of benzene rings is 1. The molecule has 1 aliphatic carbocycles. The van der Waals surface area contributed by atoms with E-state index in [0.717, 1.165) is 28.5 Å². The van der Waals surface area contributed by atoms with E-state index in [4.69, 9.17) is 17.3 Å². The summed E-state index contributed by atoms with van der Waals surface area (Å²) < 4.78 is 0.961. The van der Waals surface area contributed by atoms with Gasteiger partial charge in [0, 0.05) is 10.0 Å². The fraction of sp³-hybridized carbons (Fsp3) is 0.200. The molecule has 0 aromatic heterocycles. The molecule has 0 unspecified atom stereocenters. The molecular formula is C15H12BrClN2O. The predicted octanol–water partition coefficient (Wildman–Crippen LogP) is 3.71. The third kappa shape index (κ3) is 2.34. The first kappa shape index (κ1) is 13.6. The molecule has 3 nitrogen and oxygen atoms in total. The van der Waals surface area contributed by atoms with Crippen molar-refractivity contribution in [3.63, 3.8) is 0 Å². The topological polar surface area (TPSA) is 55.4 Å². The van der Waals surface area contributed by atoms with E-state index in [1.54, 1.807) is 12.1 Å². The van der Waals surface area contributed by atoms with Crippen LogP contribution in [0.1, 0.15) is 22.3 Å². The highest BCUT2D eigenvalue weighted by Crippen LogP contribution is 2.30. The monoisotopic (exact) mass is 350 g/mol. The van der Waals surface area contributed by atoms with E-state index in [9.17, 15) is 4.79 Å². The van der Waals surface area contributed by atoms with Crippen LogP contribution in [0, 0.1) is 0 Å². The average Bonchev–Trinajstić information content (AvgIpc) is 2.65. The van der Waals surface area contributed by atoms with Crippen molar-refractivity contribution in [1.82, 2.24) is 0 Å². The number of allylic oxidation sites excluding steroid dienone is 3. The van der Waals surface area contributed by atoms with Crippen LogP contribution in [0.15, 0.2) is 39.3 Å². The Hall–Kier alpha value is -1.39. The summed E-state index contributed by atoms with van der Waals surface area (Å²) in [7, 11) is 0. The second-order valence-corrected chi connectivity index (χ2v) is 6.13. The lowest BCUT2D eigenvalue weighted by Crippen LogP contribution is -2.16. The molecule has 102 valence electrons. The van der Waals surface area contributed by atoms with E-state index in [1.807, 2.05) is 12.2 Å². The van der Waals surface area contributed by atoms with Crippen molar-refractivity contribution >= 4 is 44.7 Å². The molecule has 0 bridgehead atoms. The number of ketones is 1. The van der Waals surface area contributed by atoms with Crippen molar-refractivity contribution in [2.45, 2.75) is 12.8 Å². The van der Waals surface area contributed by atoms with Crippen LogP contribution in [0.25, 0.3) is 0 Å². The molecule has 0 radical (unpaired) electrons.